The van der Waals surface area contributed by atoms with E-state index in [0.29, 0.717) is 5.56 Å². The molecule has 1 amide bonds. The van der Waals surface area contributed by atoms with Crippen molar-refractivity contribution < 1.29 is 4.79 Å². The number of hydrogen-bond donors (Lipinski definition) is 1. The van der Waals surface area contributed by atoms with E-state index in [1.54, 1.807) is 10.9 Å². The minimum absolute atomic E-state index is 0.0526. The minimum Gasteiger partial charge on any atom is -0.345 e. The smallest absolute Gasteiger partial charge is 0.255 e. The molecule has 1 heterocycles. The van der Waals surface area contributed by atoms with Crippen LogP contribution in [0.1, 0.15) is 34.6 Å². The van der Waals surface area contributed by atoms with E-state index in [9.17, 15) is 4.79 Å². The van der Waals surface area contributed by atoms with Gasteiger partial charge in [0.1, 0.15) is 0 Å². The predicted octanol–water partition coefficient (Wildman–Crippen LogP) is 3.67. The SMILES string of the molecule is Cc1c(C(=O)NC(C)c2ccccc2)cnn1-c1ccccc1. The fourth-order valence-corrected chi connectivity index (χ4v) is 2.56. The van der Waals surface area contributed by atoms with Crippen molar-refractivity contribution in [3.63, 3.8) is 0 Å². The highest BCUT2D eigenvalue weighted by atomic mass is 16.1. The zero-order valence-electron chi connectivity index (χ0n) is 13.2. The summed E-state index contributed by atoms with van der Waals surface area (Å²) < 4.78 is 1.78. The normalized spacial score (nSPS) is 11.9. The molecule has 0 bridgehead atoms. The lowest BCUT2D eigenvalue weighted by Gasteiger charge is -2.14. The molecule has 1 unspecified atom stereocenters. The van der Waals surface area contributed by atoms with Gasteiger partial charge in [0, 0.05) is 0 Å². The quantitative estimate of drug-likeness (QED) is 0.799. The van der Waals surface area contributed by atoms with Crippen LogP contribution in [0.3, 0.4) is 0 Å². The summed E-state index contributed by atoms with van der Waals surface area (Å²) >= 11 is 0. The maximum Gasteiger partial charge on any atom is 0.255 e. The fraction of sp³-hybridized carbons (Fsp3) is 0.158. The van der Waals surface area contributed by atoms with Crippen LogP contribution in [0.4, 0.5) is 0 Å². The molecular weight excluding hydrogens is 286 g/mol. The lowest BCUT2D eigenvalue weighted by atomic mass is 10.1. The summed E-state index contributed by atoms with van der Waals surface area (Å²) in [5.41, 5.74) is 3.44. The number of aromatic nitrogens is 2. The van der Waals surface area contributed by atoms with Crippen molar-refractivity contribution in [1.82, 2.24) is 15.1 Å². The van der Waals surface area contributed by atoms with Crippen LogP contribution in [-0.2, 0) is 0 Å². The molecule has 0 fully saturated rings. The number of carbonyl (C=O) groups excluding carboxylic acids is 1. The molecule has 0 aliphatic carbocycles. The van der Waals surface area contributed by atoms with Crippen LogP contribution in [0.15, 0.2) is 66.9 Å². The minimum atomic E-state index is -0.110. The van der Waals surface area contributed by atoms with Crippen molar-refractivity contribution >= 4 is 5.91 Å². The van der Waals surface area contributed by atoms with Crippen molar-refractivity contribution in [1.29, 1.82) is 0 Å². The third-order valence-corrected chi connectivity index (χ3v) is 3.90. The Kier molecular flexibility index (Phi) is 4.24. The maximum atomic E-state index is 12.5. The number of rotatable bonds is 4. The summed E-state index contributed by atoms with van der Waals surface area (Å²) in [5, 5.41) is 7.37. The molecule has 2 aromatic carbocycles. The first-order valence-electron chi connectivity index (χ1n) is 7.62. The van der Waals surface area contributed by atoms with Crippen molar-refractivity contribution in [2.45, 2.75) is 19.9 Å². The van der Waals surface area contributed by atoms with Gasteiger partial charge in [-0.15, -0.1) is 0 Å². The Balaban J connectivity index is 1.80. The van der Waals surface area contributed by atoms with Crippen LogP contribution in [0.25, 0.3) is 5.69 Å². The molecule has 0 aliphatic heterocycles. The number of para-hydroxylation sites is 1. The van der Waals surface area contributed by atoms with Gasteiger partial charge in [-0.05, 0) is 31.5 Å². The second-order valence-electron chi connectivity index (χ2n) is 5.50. The summed E-state index contributed by atoms with van der Waals surface area (Å²) in [7, 11) is 0. The second kappa shape index (κ2) is 6.48. The molecule has 0 radical (unpaired) electrons. The summed E-state index contributed by atoms with van der Waals surface area (Å²) in [5.74, 6) is -0.110. The van der Waals surface area contributed by atoms with Gasteiger partial charge in [-0.2, -0.15) is 5.10 Å². The van der Waals surface area contributed by atoms with Gasteiger partial charge < -0.3 is 5.32 Å². The van der Waals surface area contributed by atoms with Gasteiger partial charge in [0.15, 0.2) is 0 Å². The van der Waals surface area contributed by atoms with E-state index < -0.39 is 0 Å². The van der Waals surface area contributed by atoms with E-state index in [2.05, 4.69) is 10.4 Å². The largest absolute Gasteiger partial charge is 0.345 e. The molecule has 3 aromatic rings. The topological polar surface area (TPSA) is 46.9 Å². The zero-order chi connectivity index (χ0) is 16.2. The van der Waals surface area contributed by atoms with E-state index in [4.69, 9.17) is 0 Å². The van der Waals surface area contributed by atoms with Crippen LogP contribution in [0.5, 0.6) is 0 Å². The second-order valence-corrected chi connectivity index (χ2v) is 5.50. The molecule has 1 aromatic heterocycles. The molecule has 0 saturated heterocycles. The Morgan fingerprint density at radius 3 is 2.30 bits per heavy atom. The number of benzene rings is 2. The molecule has 3 rings (SSSR count). The van der Waals surface area contributed by atoms with Crippen molar-refractivity contribution in [3.05, 3.63) is 83.7 Å². The van der Waals surface area contributed by atoms with Gasteiger partial charge >= 0.3 is 0 Å². The van der Waals surface area contributed by atoms with Crippen LogP contribution in [-0.4, -0.2) is 15.7 Å². The van der Waals surface area contributed by atoms with Gasteiger partial charge in [0.25, 0.3) is 5.91 Å². The first kappa shape index (κ1) is 15.0. The monoisotopic (exact) mass is 305 g/mol. The highest BCUT2D eigenvalue weighted by molar-refractivity contribution is 5.95. The van der Waals surface area contributed by atoms with Crippen molar-refractivity contribution in [2.75, 3.05) is 0 Å². The number of nitrogens with zero attached hydrogens (tertiary/aromatic N) is 2. The predicted molar refractivity (Wildman–Crippen MR) is 90.6 cm³/mol. The average molecular weight is 305 g/mol. The first-order chi connectivity index (χ1) is 11.2. The van der Waals surface area contributed by atoms with Gasteiger partial charge in [-0.25, -0.2) is 4.68 Å². The van der Waals surface area contributed by atoms with E-state index in [1.807, 2.05) is 74.5 Å². The molecule has 0 aliphatic rings. The molecule has 23 heavy (non-hydrogen) atoms. The Morgan fingerprint density at radius 1 is 1.04 bits per heavy atom. The summed E-state index contributed by atoms with van der Waals surface area (Å²) in [6.07, 6.45) is 1.62. The lowest BCUT2D eigenvalue weighted by molar-refractivity contribution is 0.0939. The Labute approximate surface area is 135 Å². The van der Waals surface area contributed by atoms with Gasteiger partial charge in [-0.1, -0.05) is 48.5 Å². The van der Waals surface area contributed by atoms with Gasteiger partial charge in [0.05, 0.1) is 29.2 Å². The van der Waals surface area contributed by atoms with Gasteiger partial charge in [-0.3, -0.25) is 4.79 Å². The van der Waals surface area contributed by atoms with Crippen LogP contribution in [0, 0.1) is 6.92 Å². The van der Waals surface area contributed by atoms with Crippen LogP contribution < -0.4 is 5.32 Å². The molecule has 0 saturated carbocycles. The first-order valence-corrected chi connectivity index (χ1v) is 7.62. The molecule has 116 valence electrons. The molecule has 1 N–H and O–H groups in total. The molecule has 1 atom stereocenters. The highest BCUT2D eigenvalue weighted by Crippen LogP contribution is 2.16. The molecular formula is C19H19N3O. The summed E-state index contributed by atoms with van der Waals surface area (Å²) in [6, 6.07) is 19.7. The number of carbonyl (C=O) groups is 1. The van der Waals surface area contributed by atoms with Crippen LogP contribution >= 0.6 is 0 Å². The lowest BCUT2D eigenvalue weighted by Crippen LogP contribution is -2.27. The van der Waals surface area contributed by atoms with E-state index >= 15 is 0 Å². The standard InChI is InChI=1S/C19H19N3O/c1-14(16-9-5-3-6-10-16)21-19(23)18-13-20-22(15(18)2)17-11-7-4-8-12-17/h3-14H,1-2H3,(H,21,23). The van der Waals surface area contributed by atoms with Gasteiger partial charge in [0.2, 0.25) is 0 Å². The average Bonchev–Trinajstić information content (AvgIpc) is 2.98. The van der Waals surface area contributed by atoms with E-state index in [0.717, 1.165) is 16.9 Å². The molecule has 0 spiro atoms. The zero-order valence-corrected chi connectivity index (χ0v) is 13.2. The molecule has 4 nitrogen and oxygen atoms in total. The fourth-order valence-electron chi connectivity index (χ4n) is 2.56. The Hall–Kier alpha value is -2.88. The van der Waals surface area contributed by atoms with Crippen molar-refractivity contribution in [3.8, 4) is 5.69 Å². The highest BCUT2D eigenvalue weighted by Gasteiger charge is 2.17. The van der Waals surface area contributed by atoms with Crippen LogP contribution in [0.2, 0.25) is 0 Å². The third-order valence-electron chi connectivity index (χ3n) is 3.90. The third kappa shape index (κ3) is 3.16. The number of nitrogens with one attached hydrogen (secondary N) is 1. The number of hydrogen-bond acceptors (Lipinski definition) is 2. The Bertz CT molecular complexity index is 794. The maximum absolute atomic E-state index is 12.5. The Morgan fingerprint density at radius 2 is 1.65 bits per heavy atom. The van der Waals surface area contributed by atoms with E-state index in [-0.39, 0.29) is 11.9 Å². The summed E-state index contributed by atoms with van der Waals surface area (Å²) in [4.78, 5) is 12.5. The molecule has 4 heteroatoms. The van der Waals surface area contributed by atoms with E-state index in [1.165, 1.54) is 0 Å². The van der Waals surface area contributed by atoms with Crippen molar-refractivity contribution in [2.24, 2.45) is 0 Å². The number of amides is 1. The summed E-state index contributed by atoms with van der Waals surface area (Å²) in [6.45, 7) is 3.88.